The molecule has 1 fully saturated rings. The van der Waals surface area contributed by atoms with E-state index < -0.39 is 0 Å². The van der Waals surface area contributed by atoms with Crippen LogP contribution in [0.25, 0.3) is 0 Å². The molecule has 1 aliphatic heterocycles. The highest BCUT2D eigenvalue weighted by Crippen LogP contribution is 2.34. The van der Waals surface area contributed by atoms with Crippen molar-refractivity contribution in [2.75, 3.05) is 0 Å². The van der Waals surface area contributed by atoms with Gasteiger partial charge in [0.15, 0.2) is 0 Å². The molecule has 1 aliphatic carbocycles. The average Bonchev–Trinajstić information content (AvgIpc) is 2.88. The zero-order chi connectivity index (χ0) is 18.5. The molecular weight excluding hydrogens is 324 g/mol. The number of nitrogens with zero attached hydrogens (tertiary/aromatic N) is 1. The molecule has 26 heavy (non-hydrogen) atoms. The highest BCUT2D eigenvalue weighted by Gasteiger charge is 2.34. The van der Waals surface area contributed by atoms with Crippen molar-refractivity contribution < 1.29 is 9.90 Å². The fourth-order valence-corrected chi connectivity index (χ4v) is 4.90. The van der Waals surface area contributed by atoms with Gasteiger partial charge in [0.1, 0.15) is 5.75 Å². The van der Waals surface area contributed by atoms with E-state index >= 15 is 0 Å². The fourth-order valence-electron chi connectivity index (χ4n) is 4.90. The molecule has 0 unspecified atom stereocenters. The normalized spacial score (nSPS) is 23.3. The van der Waals surface area contributed by atoms with Gasteiger partial charge in [-0.1, -0.05) is 58.4 Å². The molecule has 1 saturated carbocycles. The number of fused-ring (bicyclic) bond motifs is 1. The lowest BCUT2D eigenvalue weighted by Gasteiger charge is -2.44. The standard InChI is InChI=1S/C22H34N2O2/c1-16(2)21(11-17-7-5-3-4-6-8-17)24-14-19-12-20(26)10-9-18(19)13-22(24)23-15-25/h9-10,12,15-17,21-22,26H,3-8,11,13-14H2,1-2H3,(H,23,25)/t21-,22-/m1/s1. The number of aromatic hydroxyl groups is 1. The van der Waals surface area contributed by atoms with E-state index in [1.54, 1.807) is 6.07 Å². The first kappa shape index (κ1) is 19.2. The number of benzene rings is 1. The summed E-state index contributed by atoms with van der Waals surface area (Å²) in [6.07, 6.45) is 11.1. The number of hydrogen-bond acceptors (Lipinski definition) is 3. The van der Waals surface area contributed by atoms with Crippen LogP contribution in [0.3, 0.4) is 0 Å². The molecule has 4 nitrogen and oxygen atoms in total. The molecule has 0 aromatic heterocycles. The smallest absolute Gasteiger partial charge is 0.208 e. The van der Waals surface area contributed by atoms with Crippen LogP contribution in [-0.2, 0) is 17.8 Å². The fraction of sp³-hybridized carbons (Fsp3) is 0.682. The van der Waals surface area contributed by atoms with E-state index in [9.17, 15) is 9.90 Å². The molecule has 0 spiro atoms. The quantitative estimate of drug-likeness (QED) is 0.592. The van der Waals surface area contributed by atoms with Gasteiger partial charge in [0.2, 0.25) is 6.41 Å². The highest BCUT2D eigenvalue weighted by atomic mass is 16.3. The molecule has 1 aromatic rings. The van der Waals surface area contributed by atoms with E-state index in [-0.39, 0.29) is 6.17 Å². The Morgan fingerprint density at radius 1 is 1.19 bits per heavy atom. The minimum atomic E-state index is 0.0442. The Morgan fingerprint density at radius 3 is 2.58 bits per heavy atom. The van der Waals surface area contributed by atoms with Crippen molar-refractivity contribution in [2.45, 2.75) is 84.0 Å². The predicted molar refractivity (Wildman–Crippen MR) is 105 cm³/mol. The highest BCUT2D eigenvalue weighted by molar-refractivity contribution is 5.47. The summed E-state index contributed by atoms with van der Waals surface area (Å²) in [5.74, 6) is 1.66. The summed E-state index contributed by atoms with van der Waals surface area (Å²) >= 11 is 0. The third kappa shape index (κ3) is 4.59. The van der Waals surface area contributed by atoms with Crippen LogP contribution in [0.15, 0.2) is 18.2 Å². The molecule has 2 aliphatic rings. The molecular formula is C22H34N2O2. The minimum Gasteiger partial charge on any atom is -0.508 e. The van der Waals surface area contributed by atoms with Gasteiger partial charge in [-0.3, -0.25) is 9.69 Å². The molecule has 1 heterocycles. The van der Waals surface area contributed by atoms with Crippen molar-refractivity contribution in [3.8, 4) is 5.75 Å². The second-order valence-electron chi connectivity index (χ2n) is 8.53. The number of phenols is 1. The number of carbonyl (C=O) groups is 1. The van der Waals surface area contributed by atoms with Crippen LogP contribution in [0.5, 0.6) is 5.75 Å². The summed E-state index contributed by atoms with van der Waals surface area (Å²) in [5.41, 5.74) is 2.43. The van der Waals surface area contributed by atoms with Gasteiger partial charge in [0.05, 0.1) is 6.17 Å². The van der Waals surface area contributed by atoms with Crippen LogP contribution in [0.4, 0.5) is 0 Å². The molecule has 0 saturated heterocycles. The summed E-state index contributed by atoms with van der Waals surface area (Å²) in [4.78, 5) is 13.7. The van der Waals surface area contributed by atoms with Crippen LogP contribution < -0.4 is 5.32 Å². The van der Waals surface area contributed by atoms with Gasteiger partial charge in [0, 0.05) is 19.0 Å². The van der Waals surface area contributed by atoms with E-state index in [0.29, 0.717) is 17.7 Å². The molecule has 0 bridgehead atoms. The topological polar surface area (TPSA) is 52.6 Å². The van der Waals surface area contributed by atoms with E-state index in [2.05, 4.69) is 24.1 Å². The number of rotatable bonds is 6. The van der Waals surface area contributed by atoms with Crippen molar-refractivity contribution in [1.82, 2.24) is 10.2 Å². The molecule has 1 amide bonds. The monoisotopic (exact) mass is 358 g/mol. The third-order valence-electron chi connectivity index (χ3n) is 6.36. The Kier molecular flexibility index (Phi) is 6.58. The van der Waals surface area contributed by atoms with Crippen LogP contribution >= 0.6 is 0 Å². The molecule has 2 atom stereocenters. The zero-order valence-electron chi connectivity index (χ0n) is 16.3. The number of carbonyl (C=O) groups excluding carboxylic acids is 1. The lowest BCUT2D eigenvalue weighted by molar-refractivity contribution is -0.112. The lowest BCUT2D eigenvalue weighted by atomic mass is 9.85. The maximum atomic E-state index is 11.2. The van der Waals surface area contributed by atoms with Crippen LogP contribution in [0, 0.1) is 11.8 Å². The van der Waals surface area contributed by atoms with Gasteiger partial charge in [-0.05, 0) is 41.5 Å². The Bertz CT molecular complexity index is 594. The summed E-state index contributed by atoms with van der Waals surface area (Å²) in [5, 5.41) is 13.0. The van der Waals surface area contributed by atoms with E-state index in [1.165, 1.54) is 56.1 Å². The van der Waals surface area contributed by atoms with Crippen LogP contribution in [0.2, 0.25) is 0 Å². The summed E-state index contributed by atoms with van der Waals surface area (Å²) < 4.78 is 0. The Hall–Kier alpha value is -1.55. The van der Waals surface area contributed by atoms with Gasteiger partial charge in [-0.15, -0.1) is 0 Å². The van der Waals surface area contributed by atoms with Crippen molar-refractivity contribution in [3.63, 3.8) is 0 Å². The largest absolute Gasteiger partial charge is 0.508 e. The maximum Gasteiger partial charge on any atom is 0.208 e. The van der Waals surface area contributed by atoms with E-state index in [4.69, 9.17) is 0 Å². The lowest BCUT2D eigenvalue weighted by Crippen LogP contribution is -2.55. The van der Waals surface area contributed by atoms with Gasteiger partial charge in [0.25, 0.3) is 0 Å². The second kappa shape index (κ2) is 8.90. The van der Waals surface area contributed by atoms with Crippen molar-refractivity contribution in [2.24, 2.45) is 11.8 Å². The zero-order valence-corrected chi connectivity index (χ0v) is 16.3. The van der Waals surface area contributed by atoms with Gasteiger partial charge in [-0.25, -0.2) is 0 Å². The van der Waals surface area contributed by atoms with Gasteiger partial charge >= 0.3 is 0 Å². The minimum absolute atomic E-state index is 0.0442. The molecule has 2 N–H and O–H groups in total. The number of phenolic OH excluding ortho intramolecular Hbond substituents is 1. The Balaban J connectivity index is 1.81. The van der Waals surface area contributed by atoms with Crippen LogP contribution in [0.1, 0.15) is 69.9 Å². The number of amides is 1. The summed E-state index contributed by atoms with van der Waals surface area (Å²) in [7, 11) is 0. The molecule has 1 aromatic carbocycles. The summed E-state index contributed by atoms with van der Waals surface area (Å²) in [6.45, 7) is 5.40. The second-order valence-corrected chi connectivity index (χ2v) is 8.53. The average molecular weight is 359 g/mol. The number of nitrogens with one attached hydrogen (secondary N) is 1. The maximum absolute atomic E-state index is 11.2. The third-order valence-corrected chi connectivity index (χ3v) is 6.36. The Labute approximate surface area is 158 Å². The van der Waals surface area contributed by atoms with E-state index in [0.717, 1.165) is 25.3 Å². The first-order valence-electron chi connectivity index (χ1n) is 10.3. The van der Waals surface area contributed by atoms with Crippen molar-refractivity contribution in [1.29, 1.82) is 0 Å². The van der Waals surface area contributed by atoms with Gasteiger partial charge in [-0.2, -0.15) is 0 Å². The number of hydrogen-bond donors (Lipinski definition) is 2. The first-order chi connectivity index (χ1) is 12.6. The predicted octanol–water partition coefficient (Wildman–Crippen LogP) is 4.21. The molecule has 3 rings (SSSR count). The first-order valence-corrected chi connectivity index (χ1v) is 10.3. The molecule has 0 radical (unpaired) electrons. The summed E-state index contributed by atoms with van der Waals surface area (Å²) in [6, 6.07) is 6.09. The SMILES string of the molecule is CC(C)[C@@H](CC1CCCCCC1)N1Cc2cc(O)ccc2C[C@@H]1NC=O. The van der Waals surface area contributed by atoms with E-state index in [1.807, 2.05) is 12.1 Å². The Morgan fingerprint density at radius 2 is 1.92 bits per heavy atom. The van der Waals surface area contributed by atoms with Gasteiger partial charge < -0.3 is 10.4 Å². The molecule has 4 heteroatoms. The van der Waals surface area contributed by atoms with Crippen molar-refractivity contribution in [3.05, 3.63) is 29.3 Å². The molecule has 144 valence electrons. The van der Waals surface area contributed by atoms with Crippen LogP contribution in [-0.4, -0.2) is 28.6 Å². The van der Waals surface area contributed by atoms with Crippen molar-refractivity contribution >= 4 is 6.41 Å².